The van der Waals surface area contributed by atoms with Gasteiger partial charge in [0.15, 0.2) is 0 Å². The first-order valence-electron chi connectivity index (χ1n) is 6.68. The van der Waals surface area contributed by atoms with Crippen molar-refractivity contribution in [3.8, 4) is 5.75 Å². The van der Waals surface area contributed by atoms with Gasteiger partial charge in [-0.25, -0.2) is 8.42 Å². The third-order valence-corrected chi connectivity index (χ3v) is 5.27. The number of hydrogen-bond donors (Lipinski definition) is 1. The minimum atomic E-state index is -4.93. The van der Waals surface area contributed by atoms with Crippen molar-refractivity contribution in [3.05, 3.63) is 24.3 Å². The number of carbonyl (C=O) groups is 1. The average molecular weight is 353 g/mol. The lowest BCUT2D eigenvalue weighted by Crippen LogP contribution is -2.42. The summed E-state index contributed by atoms with van der Waals surface area (Å²) in [4.78, 5) is 10.6. The highest BCUT2D eigenvalue weighted by atomic mass is 32.2. The second-order valence-corrected chi connectivity index (χ2v) is 7.00. The third kappa shape index (κ3) is 4.35. The molecule has 0 saturated carbocycles. The molecule has 0 spiro atoms. The van der Waals surface area contributed by atoms with E-state index >= 15 is 0 Å². The van der Waals surface area contributed by atoms with E-state index in [1.807, 2.05) is 0 Å². The summed E-state index contributed by atoms with van der Waals surface area (Å²) in [6.45, 7) is -0.0848. The molecule has 1 aromatic carbocycles. The zero-order valence-corrected chi connectivity index (χ0v) is 12.6. The molecule has 0 aliphatic carbocycles. The van der Waals surface area contributed by atoms with Crippen LogP contribution in [0.15, 0.2) is 29.2 Å². The highest BCUT2D eigenvalue weighted by Crippen LogP contribution is 2.28. The van der Waals surface area contributed by atoms with Crippen LogP contribution in [-0.4, -0.2) is 43.3 Å². The average Bonchev–Trinajstić information content (AvgIpc) is 2.46. The predicted octanol–water partition coefficient (Wildman–Crippen LogP) is 2.07. The van der Waals surface area contributed by atoms with E-state index in [4.69, 9.17) is 5.11 Å². The summed E-state index contributed by atoms with van der Waals surface area (Å²) in [5.41, 5.74) is 0. The molecule has 0 radical (unpaired) electrons. The summed E-state index contributed by atoms with van der Waals surface area (Å²) < 4.78 is 66.3. The van der Waals surface area contributed by atoms with Gasteiger partial charge in [-0.05, 0) is 25.0 Å². The number of halogens is 3. The monoisotopic (exact) mass is 353 g/mol. The van der Waals surface area contributed by atoms with Crippen LogP contribution in [0.5, 0.6) is 5.75 Å². The van der Waals surface area contributed by atoms with Gasteiger partial charge in [0.2, 0.25) is 10.0 Å². The van der Waals surface area contributed by atoms with Crippen LogP contribution in [0.3, 0.4) is 0 Å². The molecule has 2 rings (SSSR count). The van der Waals surface area contributed by atoms with Gasteiger partial charge in [0.05, 0.1) is 10.8 Å². The standard InChI is InChI=1S/C13H14F3NO5S/c14-13(15,16)22-10-4-1-5-11(7-10)23(20,21)17-6-2-3-9(8-17)12(18)19/h1,4-5,7,9H,2-3,6,8H2,(H,18,19). The molecular weight excluding hydrogens is 339 g/mol. The molecule has 10 heteroatoms. The Morgan fingerprint density at radius 2 is 2.04 bits per heavy atom. The minimum Gasteiger partial charge on any atom is -0.481 e. The highest BCUT2D eigenvalue weighted by Gasteiger charge is 2.34. The van der Waals surface area contributed by atoms with Gasteiger partial charge in [0, 0.05) is 19.2 Å². The van der Waals surface area contributed by atoms with Crippen molar-refractivity contribution in [2.75, 3.05) is 13.1 Å². The highest BCUT2D eigenvalue weighted by molar-refractivity contribution is 7.89. The van der Waals surface area contributed by atoms with Crippen LogP contribution in [0.2, 0.25) is 0 Å². The van der Waals surface area contributed by atoms with Crippen molar-refractivity contribution >= 4 is 16.0 Å². The van der Waals surface area contributed by atoms with Crippen molar-refractivity contribution in [2.24, 2.45) is 5.92 Å². The van der Waals surface area contributed by atoms with Gasteiger partial charge in [0.25, 0.3) is 0 Å². The van der Waals surface area contributed by atoms with Gasteiger partial charge in [-0.15, -0.1) is 13.2 Å². The number of ether oxygens (including phenoxy) is 1. The first-order chi connectivity index (χ1) is 10.6. The summed E-state index contributed by atoms with van der Waals surface area (Å²) >= 11 is 0. The van der Waals surface area contributed by atoms with E-state index in [1.165, 1.54) is 0 Å². The lowest BCUT2D eigenvalue weighted by molar-refractivity contribution is -0.274. The van der Waals surface area contributed by atoms with E-state index in [-0.39, 0.29) is 18.0 Å². The summed E-state index contributed by atoms with van der Waals surface area (Å²) in [5, 5.41) is 9.00. The van der Waals surface area contributed by atoms with E-state index in [0.717, 1.165) is 28.6 Å². The zero-order chi connectivity index (χ0) is 17.3. The summed E-state index contributed by atoms with van der Waals surface area (Å²) in [7, 11) is -4.08. The molecular formula is C13H14F3NO5S. The van der Waals surface area contributed by atoms with Gasteiger partial charge in [-0.1, -0.05) is 6.07 Å². The first-order valence-corrected chi connectivity index (χ1v) is 8.12. The van der Waals surface area contributed by atoms with E-state index in [0.29, 0.717) is 12.8 Å². The van der Waals surface area contributed by atoms with Crippen molar-refractivity contribution < 1.29 is 36.2 Å². The number of nitrogens with zero attached hydrogens (tertiary/aromatic N) is 1. The van der Waals surface area contributed by atoms with Crippen LogP contribution < -0.4 is 4.74 Å². The quantitative estimate of drug-likeness (QED) is 0.896. The number of hydrogen-bond acceptors (Lipinski definition) is 4. The van der Waals surface area contributed by atoms with E-state index in [1.54, 1.807) is 0 Å². The molecule has 1 N–H and O–H groups in total. The van der Waals surface area contributed by atoms with Crippen LogP contribution in [0.1, 0.15) is 12.8 Å². The molecule has 23 heavy (non-hydrogen) atoms. The smallest absolute Gasteiger partial charge is 0.481 e. The molecule has 0 aromatic heterocycles. The fourth-order valence-corrected chi connectivity index (χ4v) is 3.90. The van der Waals surface area contributed by atoms with Gasteiger partial charge in [-0.3, -0.25) is 4.79 Å². The number of carboxylic acid groups (broad SMARTS) is 1. The molecule has 1 saturated heterocycles. The molecule has 1 heterocycles. The molecule has 1 unspecified atom stereocenters. The topological polar surface area (TPSA) is 83.9 Å². The van der Waals surface area contributed by atoms with E-state index in [9.17, 15) is 26.4 Å². The van der Waals surface area contributed by atoms with E-state index < -0.39 is 34.0 Å². The van der Waals surface area contributed by atoms with Gasteiger partial charge >= 0.3 is 12.3 Å². The summed E-state index contributed by atoms with van der Waals surface area (Å²) in [6.07, 6.45) is -4.20. The molecule has 1 aliphatic rings. The number of aliphatic carboxylic acids is 1. The molecule has 1 aromatic rings. The second kappa shape index (κ2) is 6.36. The predicted molar refractivity (Wildman–Crippen MR) is 72.2 cm³/mol. The Labute approximate surface area is 130 Å². The summed E-state index contributed by atoms with van der Waals surface area (Å²) in [5.74, 6) is -2.57. The third-order valence-electron chi connectivity index (χ3n) is 3.41. The number of rotatable bonds is 4. The molecule has 1 fully saturated rings. The maximum Gasteiger partial charge on any atom is 0.573 e. The maximum atomic E-state index is 12.5. The molecule has 6 nitrogen and oxygen atoms in total. The lowest BCUT2D eigenvalue weighted by atomic mass is 10.0. The fourth-order valence-electron chi connectivity index (χ4n) is 2.34. The van der Waals surface area contributed by atoms with Gasteiger partial charge < -0.3 is 9.84 Å². The van der Waals surface area contributed by atoms with Crippen LogP contribution in [0.4, 0.5) is 13.2 Å². The summed E-state index contributed by atoms with van der Waals surface area (Å²) in [6, 6.07) is 4.03. The minimum absolute atomic E-state index is 0.121. The normalized spacial score (nSPS) is 20.2. The lowest BCUT2D eigenvalue weighted by Gasteiger charge is -2.29. The van der Waals surface area contributed by atoms with Crippen molar-refractivity contribution in [3.63, 3.8) is 0 Å². The SMILES string of the molecule is O=C(O)C1CCCN(S(=O)(=O)c2cccc(OC(F)(F)F)c2)C1. The number of benzene rings is 1. The maximum absolute atomic E-state index is 12.5. The Morgan fingerprint density at radius 3 is 2.65 bits per heavy atom. The molecule has 0 amide bonds. The molecule has 128 valence electrons. The van der Waals surface area contributed by atoms with Crippen molar-refractivity contribution in [1.29, 1.82) is 0 Å². The molecule has 1 aliphatic heterocycles. The Bertz CT molecular complexity index is 689. The zero-order valence-electron chi connectivity index (χ0n) is 11.8. The molecule has 0 bridgehead atoms. The largest absolute Gasteiger partial charge is 0.573 e. The van der Waals surface area contributed by atoms with Crippen molar-refractivity contribution in [1.82, 2.24) is 4.31 Å². The van der Waals surface area contributed by atoms with Crippen molar-refractivity contribution in [2.45, 2.75) is 24.1 Å². The Hall–Kier alpha value is -1.81. The van der Waals surface area contributed by atoms with Gasteiger partial charge in [0.1, 0.15) is 5.75 Å². The van der Waals surface area contributed by atoms with Crippen LogP contribution in [0.25, 0.3) is 0 Å². The van der Waals surface area contributed by atoms with Gasteiger partial charge in [-0.2, -0.15) is 4.31 Å². The second-order valence-electron chi connectivity index (χ2n) is 5.06. The number of carboxylic acids is 1. The van der Waals surface area contributed by atoms with Crippen LogP contribution in [-0.2, 0) is 14.8 Å². The van der Waals surface area contributed by atoms with Crippen LogP contribution >= 0.6 is 0 Å². The first kappa shape index (κ1) is 17.5. The Kier molecular flexibility index (Phi) is 4.85. The Morgan fingerprint density at radius 1 is 1.35 bits per heavy atom. The fraction of sp³-hybridized carbons (Fsp3) is 0.462. The number of sulfonamides is 1. The number of piperidine rings is 1. The van der Waals surface area contributed by atoms with E-state index in [2.05, 4.69) is 4.74 Å². The van der Waals surface area contributed by atoms with Crippen LogP contribution in [0, 0.1) is 5.92 Å². The Balaban J connectivity index is 2.25. The number of alkyl halides is 3. The molecule has 1 atom stereocenters.